The fraction of sp³-hybridized carbons (Fsp3) is 0.750. The first-order chi connectivity index (χ1) is 10.1. The summed E-state index contributed by atoms with van der Waals surface area (Å²) in [5.74, 6) is 0.829. The number of guanidine groups is 1. The van der Waals surface area contributed by atoms with Gasteiger partial charge >= 0.3 is 0 Å². The van der Waals surface area contributed by atoms with Crippen molar-refractivity contribution in [3.05, 3.63) is 12.2 Å². The number of halogens is 1. The first-order valence-corrected chi connectivity index (χ1v) is 8.08. The molecular weight excluding hydrogens is 391 g/mol. The summed E-state index contributed by atoms with van der Waals surface area (Å²) in [6.45, 7) is 0.204. The third-order valence-corrected chi connectivity index (χ3v) is 4.17. The monoisotopic (exact) mass is 420 g/mol. The Bertz CT molecular complexity index is 395. The Hall–Kier alpha value is -0.790. The van der Waals surface area contributed by atoms with Crippen molar-refractivity contribution >= 4 is 35.8 Å². The first kappa shape index (κ1) is 19.3. The predicted molar refractivity (Wildman–Crippen MR) is 102 cm³/mol. The van der Waals surface area contributed by atoms with Crippen LogP contribution in [0.3, 0.4) is 0 Å². The third-order valence-electron chi connectivity index (χ3n) is 4.17. The minimum absolute atomic E-state index is 0. The van der Waals surface area contributed by atoms with E-state index < -0.39 is 0 Å². The molecule has 0 aliphatic heterocycles. The predicted octanol–water partition coefficient (Wildman–Crippen LogP) is 2.28. The van der Waals surface area contributed by atoms with Crippen LogP contribution in [0.5, 0.6) is 0 Å². The van der Waals surface area contributed by atoms with E-state index in [4.69, 9.17) is 0 Å². The Labute approximate surface area is 151 Å². The number of aliphatic imine (C=N–C) groups is 1. The molecule has 6 heteroatoms. The lowest BCUT2D eigenvalue weighted by atomic mass is 9.96. The second-order valence-corrected chi connectivity index (χ2v) is 6.22. The molecule has 0 bridgehead atoms. The molecular formula is C16H29IN4O. The van der Waals surface area contributed by atoms with Crippen LogP contribution >= 0.6 is 24.0 Å². The molecule has 0 atom stereocenters. The molecule has 1 fully saturated rings. The second-order valence-electron chi connectivity index (χ2n) is 6.22. The average molecular weight is 420 g/mol. The van der Waals surface area contributed by atoms with E-state index in [1.54, 1.807) is 19.0 Å². The second kappa shape index (κ2) is 10.1. The van der Waals surface area contributed by atoms with Gasteiger partial charge in [0.05, 0.1) is 0 Å². The van der Waals surface area contributed by atoms with Crippen LogP contribution in [0.4, 0.5) is 0 Å². The molecule has 0 aromatic rings. The highest BCUT2D eigenvalue weighted by Gasteiger charge is 2.18. The quantitative estimate of drug-likeness (QED) is 0.318. The molecule has 0 saturated heterocycles. The van der Waals surface area contributed by atoms with Gasteiger partial charge in [-0.15, -0.1) is 24.0 Å². The van der Waals surface area contributed by atoms with Gasteiger partial charge in [0.2, 0.25) is 5.91 Å². The highest BCUT2D eigenvalue weighted by atomic mass is 127. The van der Waals surface area contributed by atoms with Gasteiger partial charge in [-0.3, -0.25) is 4.79 Å². The summed E-state index contributed by atoms with van der Waals surface area (Å²) in [5.41, 5.74) is 0. The summed E-state index contributed by atoms with van der Waals surface area (Å²) in [4.78, 5) is 17.8. The van der Waals surface area contributed by atoms with Crippen LogP contribution in [-0.4, -0.2) is 49.5 Å². The van der Waals surface area contributed by atoms with E-state index in [0.717, 1.165) is 18.8 Å². The van der Waals surface area contributed by atoms with Crippen molar-refractivity contribution in [2.75, 3.05) is 20.6 Å². The molecule has 5 nitrogen and oxygen atoms in total. The molecule has 126 valence electrons. The Morgan fingerprint density at radius 3 is 2.27 bits per heavy atom. The standard InChI is InChI=1S/C16H28N4O.HI/c1-20(2)15(21)12-17-16(19-14-10-6-7-11-14)18-13-8-4-3-5-9-13;/h6-7,13-14H,3-5,8-12H2,1-2H3,(H2,17,18,19);1H. The zero-order valence-corrected chi connectivity index (χ0v) is 16.0. The molecule has 0 aromatic carbocycles. The van der Waals surface area contributed by atoms with E-state index in [9.17, 15) is 4.79 Å². The fourth-order valence-corrected chi connectivity index (χ4v) is 2.79. The van der Waals surface area contributed by atoms with Gasteiger partial charge in [-0.25, -0.2) is 4.99 Å². The van der Waals surface area contributed by atoms with Crippen LogP contribution in [0.25, 0.3) is 0 Å². The minimum atomic E-state index is 0. The Kier molecular flexibility index (Phi) is 8.82. The Morgan fingerprint density at radius 2 is 1.68 bits per heavy atom. The van der Waals surface area contributed by atoms with Crippen molar-refractivity contribution in [2.45, 2.75) is 57.0 Å². The molecule has 0 spiro atoms. The van der Waals surface area contributed by atoms with Crippen LogP contribution < -0.4 is 10.6 Å². The molecule has 1 saturated carbocycles. The zero-order chi connectivity index (χ0) is 15.1. The molecule has 0 radical (unpaired) electrons. The smallest absolute Gasteiger partial charge is 0.243 e. The van der Waals surface area contributed by atoms with Gasteiger partial charge in [0.15, 0.2) is 5.96 Å². The van der Waals surface area contributed by atoms with Gasteiger partial charge < -0.3 is 15.5 Å². The zero-order valence-electron chi connectivity index (χ0n) is 13.7. The maximum atomic E-state index is 11.7. The Morgan fingerprint density at radius 1 is 1.09 bits per heavy atom. The normalized spacial score (nSPS) is 19.6. The van der Waals surface area contributed by atoms with Gasteiger partial charge in [0, 0.05) is 26.2 Å². The van der Waals surface area contributed by atoms with Crippen molar-refractivity contribution in [3.63, 3.8) is 0 Å². The molecule has 1 amide bonds. The molecule has 2 rings (SSSR count). The molecule has 2 N–H and O–H groups in total. The average Bonchev–Trinajstić information content (AvgIpc) is 2.98. The number of amides is 1. The lowest BCUT2D eigenvalue weighted by Gasteiger charge is -2.26. The van der Waals surface area contributed by atoms with Crippen molar-refractivity contribution in [1.29, 1.82) is 0 Å². The molecule has 22 heavy (non-hydrogen) atoms. The number of hydrogen-bond donors (Lipinski definition) is 2. The SMILES string of the molecule is CN(C)C(=O)CN=C(NC1CC=CC1)NC1CCCCC1.I. The van der Waals surface area contributed by atoms with E-state index in [1.165, 1.54) is 32.1 Å². The van der Waals surface area contributed by atoms with Crippen LogP contribution in [-0.2, 0) is 4.79 Å². The number of nitrogens with one attached hydrogen (secondary N) is 2. The van der Waals surface area contributed by atoms with E-state index in [2.05, 4.69) is 27.8 Å². The van der Waals surface area contributed by atoms with Crippen LogP contribution in [0.1, 0.15) is 44.9 Å². The molecule has 0 heterocycles. The van der Waals surface area contributed by atoms with Gasteiger partial charge in [-0.2, -0.15) is 0 Å². The van der Waals surface area contributed by atoms with Crippen LogP contribution in [0.2, 0.25) is 0 Å². The van der Waals surface area contributed by atoms with Gasteiger partial charge in [0.1, 0.15) is 6.54 Å². The summed E-state index contributed by atoms with van der Waals surface area (Å²) >= 11 is 0. The number of rotatable bonds is 4. The van der Waals surface area contributed by atoms with E-state index in [0.29, 0.717) is 12.1 Å². The minimum Gasteiger partial charge on any atom is -0.354 e. The number of carbonyl (C=O) groups excluding carboxylic acids is 1. The third kappa shape index (κ3) is 6.54. The fourth-order valence-electron chi connectivity index (χ4n) is 2.79. The van der Waals surface area contributed by atoms with Crippen molar-refractivity contribution < 1.29 is 4.79 Å². The summed E-state index contributed by atoms with van der Waals surface area (Å²) in [6, 6.07) is 0.906. The van der Waals surface area contributed by atoms with Crippen LogP contribution in [0, 0.1) is 0 Å². The van der Waals surface area contributed by atoms with E-state index in [-0.39, 0.29) is 36.4 Å². The maximum absolute atomic E-state index is 11.7. The van der Waals surface area contributed by atoms with Crippen molar-refractivity contribution in [1.82, 2.24) is 15.5 Å². The highest BCUT2D eigenvalue weighted by molar-refractivity contribution is 14.0. The topological polar surface area (TPSA) is 56.7 Å². The van der Waals surface area contributed by atoms with Gasteiger partial charge in [-0.05, 0) is 25.7 Å². The summed E-state index contributed by atoms with van der Waals surface area (Å²) < 4.78 is 0. The number of nitrogens with zero attached hydrogens (tertiary/aromatic N) is 2. The van der Waals surface area contributed by atoms with Gasteiger partial charge in [-0.1, -0.05) is 31.4 Å². The molecule has 2 aliphatic rings. The first-order valence-electron chi connectivity index (χ1n) is 8.08. The maximum Gasteiger partial charge on any atom is 0.243 e. The summed E-state index contributed by atoms with van der Waals surface area (Å²) in [7, 11) is 3.53. The number of likely N-dealkylation sites (N-methyl/N-ethyl adjacent to an activating group) is 1. The lowest BCUT2D eigenvalue weighted by Crippen LogP contribution is -2.47. The number of hydrogen-bond acceptors (Lipinski definition) is 2. The highest BCUT2D eigenvalue weighted by Crippen LogP contribution is 2.17. The molecule has 0 aromatic heterocycles. The van der Waals surface area contributed by atoms with Crippen molar-refractivity contribution in [3.8, 4) is 0 Å². The summed E-state index contributed by atoms with van der Waals surface area (Å²) in [6.07, 6.45) is 12.8. The molecule has 0 unspecified atom stereocenters. The van der Waals surface area contributed by atoms with E-state index >= 15 is 0 Å². The summed E-state index contributed by atoms with van der Waals surface area (Å²) in [5, 5.41) is 6.98. The lowest BCUT2D eigenvalue weighted by molar-refractivity contribution is -0.127. The van der Waals surface area contributed by atoms with E-state index in [1.807, 2.05) is 0 Å². The van der Waals surface area contributed by atoms with Crippen LogP contribution in [0.15, 0.2) is 17.1 Å². The van der Waals surface area contributed by atoms with Crippen molar-refractivity contribution in [2.24, 2.45) is 4.99 Å². The van der Waals surface area contributed by atoms with Gasteiger partial charge in [0.25, 0.3) is 0 Å². The Balaban J connectivity index is 0.00000242. The molecule has 2 aliphatic carbocycles. The number of carbonyl (C=O) groups is 1. The largest absolute Gasteiger partial charge is 0.354 e.